The molecule has 4 aromatic rings. The molecule has 1 aliphatic carbocycles. The van der Waals surface area contributed by atoms with Crippen LogP contribution in [0.4, 0.5) is 0 Å². The van der Waals surface area contributed by atoms with Gasteiger partial charge in [-0.25, -0.2) is 26.5 Å². The molecule has 45 heavy (non-hydrogen) atoms. The number of benzene rings is 2. The van der Waals surface area contributed by atoms with Gasteiger partial charge in [0.25, 0.3) is 5.56 Å². The number of fused-ring (bicyclic) bond motifs is 1. The maximum absolute atomic E-state index is 13.7. The first kappa shape index (κ1) is 31.8. The van der Waals surface area contributed by atoms with Gasteiger partial charge in [-0.2, -0.15) is 8.61 Å². The smallest absolute Gasteiger partial charge is 0.281 e. The number of rotatable bonds is 9. The molecule has 12 nitrogen and oxygen atoms in total. The van der Waals surface area contributed by atoms with E-state index in [9.17, 15) is 21.6 Å². The summed E-state index contributed by atoms with van der Waals surface area (Å²) in [6.45, 7) is 2.91. The van der Waals surface area contributed by atoms with Gasteiger partial charge in [-0.05, 0) is 67.6 Å². The lowest BCUT2D eigenvalue weighted by Crippen LogP contribution is -2.41. The number of nitrogens with one attached hydrogen (secondary N) is 1. The van der Waals surface area contributed by atoms with Gasteiger partial charge in [0, 0.05) is 36.6 Å². The Balaban J connectivity index is 1.22. The summed E-state index contributed by atoms with van der Waals surface area (Å²) in [7, 11) is -7.71. The largest absolute Gasteiger partial charge is 0.308 e. The summed E-state index contributed by atoms with van der Waals surface area (Å²) in [6, 6.07) is 12.7. The third-order valence-corrected chi connectivity index (χ3v) is 12.9. The normalized spacial score (nSPS) is 19.0. The van der Waals surface area contributed by atoms with Crippen LogP contribution in [-0.2, 0) is 26.6 Å². The molecule has 2 aliphatic rings. The average molecular weight is 674 g/mol. The first-order valence-corrected chi connectivity index (χ1v) is 18.5. The Morgan fingerprint density at radius 3 is 2.42 bits per heavy atom. The van der Waals surface area contributed by atoms with Crippen molar-refractivity contribution in [3.8, 4) is 0 Å². The second-order valence-corrected chi connectivity index (χ2v) is 15.9. The standard InChI is InChI=1S/C30H36ClN7O5S2/c1-2-38(24-11-4-3-5-12-24)45(42,43)26-15-13-25(14-16-26)44(40,41)36-17-7-9-22(20-36)28-32-29-27(30(39)33-28)34-35-37(29)19-21-8-6-10-23(31)18-21/h6,8,10,13-16,18,22,24H,2-5,7,9,11-12,17,19-20H2,1H3,(H,32,33,39)/t22-/m0/s1. The number of hydrogen-bond donors (Lipinski definition) is 1. The number of halogens is 1. The Labute approximate surface area is 267 Å². The van der Waals surface area contributed by atoms with Crippen LogP contribution < -0.4 is 5.56 Å². The minimum absolute atomic E-state index is 0.0171. The van der Waals surface area contributed by atoms with Crippen molar-refractivity contribution in [2.24, 2.45) is 0 Å². The monoisotopic (exact) mass is 673 g/mol. The Bertz CT molecular complexity index is 1960. The summed E-state index contributed by atoms with van der Waals surface area (Å²) < 4.78 is 58.9. The van der Waals surface area contributed by atoms with E-state index < -0.39 is 25.6 Å². The molecule has 1 saturated heterocycles. The van der Waals surface area contributed by atoms with E-state index in [2.05, 4.69) is 20.3 Å². The van der Waals surface area contributed by atoms with Gasteiger partial charge in [0.15, 0.2) is 11.2 Å². The number of hydrogen-bond acceptors (Lipinski definition) is 8. The zero-order chi connectivity index (χ0) is 31.8. The summed E-state index contributed by atoms with van der Waals surface area (Å²) in [4.78, 5) is 20.5. The van der Waals surface area contributed by atoms with Crippen molar-refractivity contribution in [3.63, 3.8) is 0 Å². The fourth-order valence-electron chi connectivity index (χ4n) is 6.44. The molecule has 0 amide bonds. The summed E-state index contributed by atoms with van der Waals surface area (Å²) in [6.07, 6.45) is 5.99. The predicted octanol–water partition coefficient (Wildman–Crippen LogP) is 4.13. The topological polar surface area (TPSA) is 151 Å². The zero-order valence-electron chi connectivity index (χ0n) is 25.0. The van der Waals surface area contributed by atoms with Crippen LogP contribution in [0.1, 0.15) is 69.2 Å². The molecule has 1 atom stereocenters. The van der Waals surface area contributed by atoms with E-state index in [-0.39, 0.29) is 33.8 Å². The van der Waals surface area contributed by atoms with Gasteiger partial charge in [0.2, 0.25) is 20.0 Å². The highest BCUT2D eigenvalue weighted by atomic mass is 35.5. The van der Waals surface area contributed by atoms with E-state index in [0.29, 0.717) is 49.0 Å². The number of H-pyrrole nitrogens is 1. The minimum Gasteiger partial charge on any atom is -0.308 e. The van der Waals surface area contributed by atoms with Crippen LogP contribution in [0.5, 0.6) is 0 Å². The van der Waals surface area contributed by atoms with E-state index >= 15 is 0 Å². The van der Waals surface area contributed by atoms with Gasteiger partial charge in [-0.1, -0.05) is 55.1 Å². The van der Waals surface area contributed by atoms with Crippen LogP contribution >= 0.6 is 11.6 Å². The number of piperidine rings is 1. The molecule has 1 N–H and O–H groups in total. The third-order valence-electron chi connectivity index (χ3n) is 8.75. The van der Waals surface area contributed by atoms with Crippen LogP contribution in [0.2, 0.25) is 5.02 Å². The van der Waals surface area contributed by atoms with Crippen molar-refractivity contribution in [2.75, 3.05) is 19.6 Å². The van der Waals surface area contributed by atoms with Gasteiger partial charge < -0.3 is 4.98 Å². The Morgan fingerprint density at radius 1 is 0.978 bits per heavy atom. The molecule has 2 aromatic carbocycles. The molecule has 2 aromatic heterocycles. The van der Waals surface area contributed by atoms with E-state index in [1.807, 2.05) is 19.1 Å². The lowest BCUT2D eigenvalue weighted by molar-refractivity contribution is 0.261. The highest BCUT2D eigenvalue weighted by molar-refractivity contribution is 7.89. The predicted molar refractivity (Wildman–Crippen MR) is 170 cm³/mol. The van der Waals surface area contributed by atoms with E-state index in [4.69, 9.17) is 11.6 Å². The van der Waals surface area contributed by atoms with Gasteiger partial charge in [-0.15, -0.1) is 5.10 Å². The van der Waals surface area contributed by atoms with Crippen LogP contribution in [-0.4, -0.2) is 76.1 Å². The van der Waals surface area contributed by atoms with E-state index in [0.717, 1.165) is 37.7 Å². The summed E-state index contributed by atoms with van der Waals surface area (Å²) >= 11 is 6.13. The molecule has 0 spiro atoms. The molecule has 0 bridgehead atoms. The maximum Gasteiger partial charge on any atom is 0.281 e. The fourth-order valence-corrected chi connectivity index (χ4v) is 9.87. The molecular formula is C30H36ClN7O5S2. The van der Waals surface area contributed by atoms with E-state index in [1.54, 1.807) is 16.4 Å². The summed E-state index contributed by atoms with van der Waals surface area (Å²) in [5, 5.41) is 8.70. The molecule has 1 saturated carbocycles. The van der Waals surface area contributed by atoms with Crippen molar-refractivity contribution in [1.29, 1.82) is 0 Å². The Hall–Kier alpha value is -3.17. The quantitative estimate of drug-likeness (QED) is 0.279. The van der Waals surface area contributed by atoms with Crippen molar-refractivity contribution in [1.82, 2.24) is 33.6 Å². The van der Waals surface area contributed by atoms with Gasteiger partial charge in [0.1, 0.15) is 5.82 Å². The van der Waals surface area contributed by atoms with Gasteiger partial charge in [0.05, 0.1) is 16.3 Å². The molecule has 3 heterocycles. The Kier molecular flexibility index (Phi) is 9.12. The van der Waals surface area contributed by atoms with Crippen molar-refractivity contribution in [3.05, 3.63) is 75.3 Å². The summed E-state index contributed by atoms with van der Waals surface area (Å²) in [5.41, 5.74) is 0.822. The molecule has 1 aliphatic heterocycles. The summed E-state index contributed by atoms with van der Waals surface area (Å²) in [5.74, 6) is -0.000688. The van der Waals surface area contributed by atoms with Crippen LogP contribution in [0.25, 0.3) is 11.2 Å². The zero-order valence-corrected chi connectivity index (χ0v) is 27.4. The molecular weight excluding hydrogens is 638 g/mol. The average Bonchev–Trinajstić information content (AvgIpc) is 3.45. The number of aromatic amines is 1. The van der Waals surface area contributed by atoms with Crippen molar-refractivity contribution >= 4 is 42.8 Å². The van der Waals surface area contributed by atoms with Crippen molar-refractivity contribution < 1.29 is 16.8 Å². The third kappa shape index (κ3) is 6.43. The van der Waals surface area contributed by atoms with E-state index in [1.165, 1.54) is 33.3 Å². The lowest BCUT2D eigenvalue weighted by Gasteiger charge is -2.33. The molecule has 15 heteroatoms. The molecule has 0 unspecified atom stereocenters. The van der Waals surface area contributed by atoms with Crippen molar-refractivity contribution in [2.45, 2.75) is 80.2 Å². The second-order valence-electron chi connectivity index (χ2n) is 11.7. The minimum atomic E-state index is -3.94. The highest BCUT2D eigenvalue weighted by Gasteiger charge is 2.34. The first-order chi connectivity index (χ1) is 21.6. The fraction of sp³-hybridized carbons (Fsp3) is 0.467. The number of nitrogens with zero attached hydrogens (tertiary/aromatic N) is 6. The highest BCUT2D eigenvalue weighted by Crippen LogP contribution is 2.31. The molecule has 240 valence electrons. The van der Waals surface area contributed by atoms with Crippen LogP contribution in [0.3, 0.4) is 0 Å². The number of sulfonamides is 2. The molecule has 0 radical (unpaired) electrons. The molecule has 2 fully saturated rings. The molecule has 6 rings (SSSR count). The first-order valence-electron chi connectivity index (χ1n) is 15.3. The van der Waals surface area contributed by atoms with Gasteiger partial charge >= 0.3 is 0 Å². The van der Waals surface area contributed by atoms with Crippen LogP contribution in [0.15, 0.2) is 63.1 Å². The number of aromatic nitrogens is 5. The Morgan fingerprint density at radius 2 is 1.71 bits per heavy atom. The van der Waals surface area contributed by atoms with Crippen LogP contribution in [0, 0.1) is 0 Å². The second kappa shape index (κ2) is 12.9. The SMILES string of the molecule is CCN(C1CCCCC1)S(=O)(=O)c1ccc(S(=O)(=O)N2CCC[C@H](c3nc4c(nnn4Cc4cccc(Cl)c4)c(=O)[nH]3)C2)cc1. The van der Waals surface area contributed by atoms with Gasteiger partial charge in [-0.3, -0.25) is 4.79 Å². The lowest BCUT2D eigenvalue weighted by atomic mass is 9.95. The maximum atomic E-state index is 13.7.